The Kier molecular flexibility index (Phi) is 12.5. The Morgan fingerprint density at radius 3 is 0.922 bits per heavy atom. The minimum absolute atomic E-state index is 0.0598. The first-order chi connectivity index (χ1) is 30.9. The highest BCUT2D eigenvalue weighted by atomic mass is 32.2. The largest absolute Gasteiger partial charge is 0.744 e. The summed E-state index contributed by atoms with van der Waals surface area (Å²) >= 11 is 0. The second-order valence-corrected chi connectivity index (χ2v) is 16.6. The zero-order valence-electron chi connectivity index (χ0n) is 33.4. The van der Waals surface area contributed by atoms with Gasteiger partial charge in [0.05, 0.1) is 9.79 Å². The quantitative estimate of drug-likeness (QED) is 0.0391. The lowest BCUT2D eigenvalue weighted by Gasteiger charge is -2.16. The molecule has 0 saturated heterocycles. The van der Waals surface area contributed by atoms with Crippen molar-refractivity contribution in [3.63, 3.8) is 0 Å². The highest BCUT2D eigenvalue weighted by Crippen LogP contribution is 2.30. The number of para-hydroxylation sites is 4. The number of aromatic nitrogens is 4. The van der Waals surface area contributed by atoms with E-state index in [9.17, 15) is 25.9 Å². The van der Waals surface area contributed by atoms with E-state index >= 15 is 0 Å². The lowest BCUT2D eigenvalue weighted by atomic mass is 10.1. The van der Waals surface area contributed by atoms with Crippen molar-refractivity contribution < 1.29 is 25.9 Å². The van der Waals surface area contributed by atoms with Crippen LogP contribution in [0.2, 0.25) is 0 Å². The molecule has 16 nitrogen and oxygen atoms in total. The molecule has 8 aromatic rings. The molecule has 0 saturated carbocycles. The summed E-state index contributed by atoms with van der Waals surface area (Å²) in [6, 6.07) is 48.4. The van der Waals surface area contributed by atoms with E-state index in [0.29, 0.717) is 11.6 Å². The van der Waals surface area contributed by atoms with Crippen molar-refractivity contribution in [3.8, 4) is 0 Å². The van der Waals surface area contributed by atoms with Gasteiger partial charge in [-0.2, -0.15) is 19.9 Å². The number of hydrogen-bond donors (Lipinski definition) is 6. The van der Waals surface area contributed by atoms with Crippen LogP contribution in [0.25, 0.3) is 12.2 Å². The predicted molar refractivity (Wildman–Crippen MR) is 247 cm³/mol. The molecule has 0 radical (unpaired) electrons. The van der Waals surface area contributed by atoms with Crippen molar-refractivity contribution in [2.45, 2.75) is 9.79 Å². The Hall–Kier alpha value is -8.16. The maximum absolute atomic E-state index is 12.6. The maximum Gasteiger partial charge on any atom is 0.231 e. The fourth-order valence-electron chi connectivity index (χ4n) is 6.31. The van der Waals surface area contributed by atoms with Gasteiger partial charge in [-0.05, 0) is 83.9 Å². The van der Waals surface area contributed by atoms with Crippen LogP contribution in [0.1, 0.15) is 11.1 Å². The number of hydrogen-bond acceptors (Lipinski definition) is 16. The molecule has 0 spiro atoms. The average molecular weight is 889 g/mol. The van der Waals surface area contributed by atoms with Gasteiger partial charge in [0.2, 0.25) is 11.9 Å². The van der Waals surface area contributed by atoms with E-state index < -0.39 is 30.0 Å². The third kappa shape index (κ3) is 11.4. The standard InChI is InChI=1S/C46H38N10O6S2/c57-63(58,59)39-27-37(49-43-29-41(47-33-13-5-1-6-14-33)53-45(55-43)51-35-17-9-3-10-18-35)25-23-31(39)21-22-32-24-26-38(28-40(32)64(60,61)62)50-44-30-42(48-34-15-7-2-8-16-34)54-46(56-44)52-36-19-11-4-12-20-36/h1-30H,(H,57,58,59)(H,60,61,62)(H3,47,49,51,53,55)(H3,48,50,52,54,56)/p-2/b22-21+. The van der Waals surface area contributed by atoms with Crippen LogP contribution in [-0.4, -0.2) is 45.9 Å². The molecule has 0 fully saturated rings. The van der Waals surface area contributed by atoms with E-state index in [-0.39, 0.29) is 46.0 Å². The second-order valence-electron chi connectivity index (χ2n) is 13.9. The maximum atomic E-state index is 12.6. The Labute approximate surface area is 368 Å². The molecule has 2 heterocycles. The molecule has 0 amide bonds. The number of nitrogens with one attached hydrogen (secondary N) is 6. The number of benzene rings is 6. The molecule has 320 valence electrons. The lowest BCUT2D eigenvalue weighted by molar-refractivity contribution is 0.460. The van der Waals surface area contributed by atoms with E-state index in [0.717, 1.165) is 34.9 Å². The Morgan fingerprint density at radius 1 is 0.344 bits per heavy atom. The lowest BCUT2D eigenvalue weighted by Crippen LogP contribution is -2.06. The summed E-state index contributed by atoms with van der Waals surface area (Å²) in [6.45, 7) is 0. The van der Waals surface area contributed by atoms with Gasteiger partial charge in [0, 0.05) is 46.3 Å². The molecule has 0 aliphatic heterocycles. The SMILES string of the molecule is O=S(=O)([O-])c1cc(Nc2cc(Nc3ccccc3)nc(Nc3ccccc3)n2)ccc1/C=C/c1ccc(Nc2cc(Nc3ccccc3)nc(Nc3ccccc3)n2)cc1S(=O)(=O)[O-]. The van der Waals surface area contributed by atoms with Crippen LogP contribution in [0.15, 0.2) is 180 Å². The number of nitrogens with zero attached hydrogens (tertiary/aromatic N) is 4. The van der Waals surface area contributed by atoms with Gasteiger partial charge in [0.15, 0.2) is 0 Å². The van der Waals surface area contributed by atoms with Crippen molar-refractivity contribution >= 4 is 102 Å². The number of rotatable bonds is 16. The molecule has 8 rings (SSSR count). The third-order valence-electron chi connectivity index (χ3n) is 9.16. The Bertz CT molecular complexity index is 2840. The molecule has 0 atom stereocenters. The van der Waals surface area contributed by atoms with Gasteiger partial charge in [0.25, 0.3) is 0 Å². The van der Waals surface area contributed by atoms with Crippen molar-refractivity contribution in [1.82, 2.24) is 19.9 Å². The Morgan fingerprint density at radius 2 is 0.625 bits per heavy atom. The molecule has 64 heavy (non-hydrogen) atoms. The molecule has 0 aliphatic carbocycles. The zero-order valence-corrected chi connectivity index (χ0v) is 35.0. The second kappa shape index (κ2) is 18.8. The van der Waals surface area contributed by atoms with E-state index in [4.69, 9.17) is 0 Å². The first kappa shape index (κ1) is 42.5. The highest BCUT2D eigenvalue weighted by molar-refractivity contribution is 7.86. The molecular weight excluding hydrogens is 853 g/mol. The van der Waals surface area contributed by atoms with Crippen molar-refractivity contribution in [2.75, 3.05) is 31.9 Å². The number of anilines is 12. The molecule has 0 bridgehead atoms. The summed E-state index contributed by atoms with van der Waals surface area (Å²) in [5.41, 5.74) is 3.25. The van der Waals surface area contributed by atoms with Gasteiger partial charge in [-0.3, -0.25) is 0 Å². The summed E-state index contributed by atoms with van der Waals surface area (Å²) < 4.78 is 75.9. The van der Waals surface area contributed by atoms with E-state index in [1.807, 2.05) is 121 Å². The molecule has 2 aromatic heterocycles. The first-order valence-electron chi connectivity index (χ1n) is 19.4. The van der Waals surface area contributed by atoms with Crippen molar-refractivity contribution in [1.29, 1.82) is 0 Å². The van der Waals surface area contributed by atoms with E-state index in [1.54, 1.807) is 12.1 Å². The van der Waals surface area contributed by atoms with Gasteiger partial charge >= 0.3 is 0 Å². The molecule has 6 aromatic carbocycles. The molecular formula is C46H36N10O6S2-2. The van der Waals surface area contributed by atoms with Crippen LogP contribution < -0.4 is 31.9 Å². The van der Waals surface area contributed by atoms with Crippen LogP contribution >= 0.6 is 0 Å². The molecule has 18 heteroatoms. The van der Waals surface area contributed by atoms with Crippen LogP contribution in [-0.2, 0) is 20.2 Å². The Balaban J connectivity index is 1.07. The summed E-state index contributed by atoms with van der Waals surface area (Å²) in [6.07, 6.45) is 2.49. The van der Waals surface area contributed by atoms with Crippen LogP contribution in [0.4, 0.5) is 69.3 Å². The topological polar surface area (TPSA) is 238 Å². The van der Waals surface area contributed by atoms with Gasteiger partial charge in [0.1, 0.15) is 43.5 Å². The summed E-state index contributed by atoms with van der Waals surface area (Å²) in [5, 5.41) is 18.8. The third-order valence-corrected chi connectivity index (χ3v) is 10.9. The molecule has 6 N–H and O–H groups in total. The van der Waals surface area contributed by atoms with E-state index in [1.165, 1.54) is 36.4 Å². The summed E-state index contributed by atoms with van der Waals surface area (Å²) in [5.74, 6) is 1.80. The van der Waals surface area contributed by atoms with Crippen molar-refractivity contribution in [2.24, 2.45) is 0 Å². The van der Waals surface area contributed by atoms with E-state index in [2.05, 4.69) is 51.8 Å². The fourth-order valence-corrected chi connectivity index (χ4v) is 7.70. The minimum Gasteiger partial charge on any atom is -0.744 e. The smallest absolute Gasteiger partial charge is 0.231 e. The molecule has 0 unspecified atom stereocenters. The molecule has 0 aliphatic rings. The van der Waals surface area contributed by atoms with Crippen LogP contribution in [0, 0.1) is 0 Å². The predicted octanol–water partition coefficient (Wildman–Crippen LogP) is 9.71. The zero-order chi connectivity index (χ0) is 44.5. The summed E-state index contributed by atoms with van der Waals surface area (Å²) in [4.78, 5) is 17.0. The average Bonchev–Trinajstić information content (AvgIpc) is 3.27. The van der Waals surface area contributed by atoms with Gasteiger partial charge in [-0.1, -0.05) is 97.1 Å². The highest BCUT2D eigenvalue weighted by Gasteiger charge is 2.15. The monoisotopic (exact) mass is 888 g/mol. The van der Waals surface area contributed by atoms with Gasteiger partial charge < -0.3 is 41.0 Å². The fraction of sp³-hybridized carbons (Fsp3) is 0. The van der Waals surface area contributed by atoms with Crippen molar-refractivity contribution in [3.05, 3.63) is 181 Å². The normalized spacial score (nSPS) is 11.5. The van der Waals surface area contributed by atoms with Gasteiger partial charge in [-0.25, -0.2) is 16.8 Å². The van der Waals surface area contributed by atoms with Crippen LogP contribution in [0.5, 0.6) is 0 Å². The van der Waals surface area contributed by atoms with Gasteiger partial charge in [-0.15, -0.1) is 0 Å². The van der Waals surface area contributed by atoms with Crippen LogP contribution in [0.3, 0.4) is 0 Å². The summed E-state index contributed by atoms with van der Waals surface area (Å²) in [7, 11) is -10.2. The minimum atomic E-state index is -5.09. The first-order valence-corrected chi connectivity index (χ1v) is 22.2.